The summed E-state index contributed by atoms with van der Waals surface area (Å²) in [5, 5.41) is 0.502. The Kier molecular flexibility index (Phi) is 5.50. The van der Waals surface area contributed by atoms with Crippen molar-refractivity contribution in [3.05, 3.63) is 5.82 Å². The van der Waals surface area contributed by atoms with Crippen LogP contribution in [0.15, 0.2) is 0 Å². The summed E-state index contributed by atoms with van der Waals surface area (Å²) in [5.74, 6) is -0.228. The Bertz CT molecular complexity index is 403. The number of nitrogens with zero attached hydrogens (tertiary/aromatic N) is 3. The van der Waals surface area contributed by atoms with Crippen molar-refractivity contribution in [2.24, 2.45) is 0 Å². The predicted octanol–water partition coefficient (Wildman–Crippen LogP) is 0.253. The first-order valence-electron chi connectivity index (χ1n) is 5.31. The van der Waals surface area contributed by atoms with Crippen molar-refractivity contribution in [1.29, 1.82) is 0 Å². The molecule has 0 bridgehead atoms. The van der Waals surface area contributed by atoms with Crippen LogP contribution in [0, 0.1) is 0 Å². The molecule has 7 nitrogen and oxygen atoms in total. The van der Waals surface area contributed by atoms with Crippen molar-refractivity contribution in [3.8, 4) is 0 Å². The SMILES string of the molecule is CCc1nsc(N(CC(=O)OC)CC(=O)OC)n1. The Morgan fingerprint density at radius 3 is 2.17 bits per heavy atom. The quantitative estimate of drug-likeness (QED) is 0.687. The van der Waals surface area contributed by atoms with E-state index in [0.717, 1.165) is 11.5 Å². The average molecular weight is 273 g/mol. The van der Waals surface area contributed by atoms with E-state index in [1.807, 2.05) is 6.92 Å². The summed E-state index contributed by atoms with van der Waals surface area (Å²) in [4.78, 5) is 28.3. The molecule has 0 radical (unpaired) electrons. The lowest BCUT2D eigenvalue weighted by atomic mass is 10.4. The zero-order valence-corrected chi connectivity index (χ0v) is 11.3. The van der Waals surface area contributed by atoms with Crippen LogP contribution in [-0.4, -0.2) is 48.6 Å². The van der Waals surface area contributed by atoms with Crippen LogP contribution < -0.4 is 4.90 Å². The maximum Gasteiger partial charge on any atom is 0.325 e. The summed E-state index contributed by atoms with van der Waals surface area (Å²) in [6.07, 6.45) is 0.695. The Morgan fingerprint density at radius 1 is 1.22 bits per heavy atom. The lowest BCUT2D eigenvalue weighted by Crippen LogP contribution is -2.35. The fourth-order valence-corrected chi connectivity index (χ4v) is 1.90. The topological polar surface area (TPSA) is 81.6 Å². The number of rotatable bonds is 6. The Balaban J connectivity index is 2.81. The van der Waals surface area contributed by atoms with Crippen LogP contribution in [0.3, 0.4) is 0 Å². The largest absolute Gasteiger partial charge is 0.468 e. The maximum atomic E-state index is 11.3. The zero-order valence-electron chi connectivity index (χ0n) is 10.5. The van der Waals surface area contributed by atoms with Crippen LogP contribution in [0.2, 0.25) is 0 Å². The van der Waals surface area contributed by atoms with E-state index in [0.29, 0.717) is 17.4 Å². The molecule has 1 rings (SSSR count). The van der Waals surface area contributed by atoms with Crippen LogP contribution in [0.5, 0.6) is 0 Å². The fourth-order valence-electron chi connectivity index (χ4n) is 1.15. The van der Waals surface area contributed by atoms with Gasteiger partial charge in [0.15, 0.2) is 0 Å². The summed E-state index contributed by atoms with van der Waals surface area (Å²) in [6, 6.07) is 0. The van der Waals surface area contributed by atoms with Gasteiger partial charge in [0.05, 0.1) is 14.2 Å². The second-order valence-corrected chi connectivity index (χ2v) is 4.09. The molecular formula is C10H15N3O4S. The number of aryl methyl sites for hydroxylation is 1. The molecule has 0 aliphatic heterocycles. The highest BCUT2D eigenvalue weighted by molar-refractivity contribution is 7.09. The lowest BCUT2D eigenvalue weighted by molar-refractivity contribution is -0.140. The number of aromatic nitrogens is 2. The monoisotopic (exact) mass is 273 g/mol. The van der Waals surface area contributed by atoms with E-state index in [1.54, 1.807) is 0 Å². The van der Waals surface area contributed by atoms with Crippen LogP contribution in [0.4, 0.5) is 5.13 Å². The molecule has 1 heterocycles. The average Bonchev–Trinajstić information content (AvgIpc) is 2.86. The number of carbonyl (C=O) groups excluding carboxylic acids is 2. The van der Waals surface area contributed by atoms with Crippen LogP contribution in [0.25, 0.3) is 0 Å². The third-order valence-corrected chi connectivity index (χ3v) is 2.95. The van der Waals surface area contributed by atoms with Gasteiger partial charge in [0.25, 0.3) is 0 Å². The molecule has 0 saturated carbocycles. The predicted molar refractivity (Wildman–Crippen MR) is 65.5 cm³/mol. The number of esters is 2. The molecule has 100 valence electrons. The van der Waals surface area contributed by atoms with Gasteiger partial charge in [-0.3, -0.25) is 9.59 Å². The first-order valence-corrected chi connectivity index (χ1v) is 6.09. The van der Waals surface area contributed by atoms with Gasteiger partial charge in [-0.1, -0.05) is 6.92 Å². The minimum Gasteiger partial charge on any atom is -0.468 e. The second kappa shape index (κ2) is 6.90. The Labute approximate surface area is 109 Å². The van der Waals surface area contributed by atoms with Crippen LogP contribution in [-0.2, 0) is 25.5 Å². The highest BCUT2D eigenvalue weighted by Gasteiger charge is 2.19. The molecular weight excluding hydrogens is 258 g/mol. The van der Waals surface area contributed by atoms with E-state index in [-0.39, 0.29) is 13.1 Å². The molecule has 0 aromatic carbocycles. The molecule has 0 fully saturated rings. The number of anilines is 1. The van der Waals surface area contributed by atoms with Crippen LogP contribution in [0.1, 0.15) is 12.7 Å². The van der Waals surface area contributed by atoms with Gasteiger partial charge in [0.1, 0.15) is 18.9 Å². The van der Waals surface area contributed by atoms with E-state index in [1.165, 1.54) is 19.1 Å². The summed E-state index contributed by atoms with van der Waals surface area (Å²) in [6.45, 7) is 1.80. The van der Waals surface area contributed by atoms with Crippen molar-refractivity contribution in [3.63, 3.8) is 0 Å². The molecule has 0 unspecified atom stereocenters. The first kappa shape index (κ1) is 14.4. The molecule has 8 heteroatoms. The minimum absolute atomic E-state index is 0.0655. The highest BCUT2D eigenvalue weighted by atomic mass is 32.1. The third-order valence-electron chi connectivity index (χ3n) is 2.14. The first-order chi connectivity index (χ1) is 8.60. The number of carbonyl (C=O) groups is 2. The van der Waals surface area contributed by atoms with Crippen molar-refractivity contribution >= 4 is 28.6 Å². The number of hydrogen-bond acceptors (Lipinski definition) is 8. The number of methoxy groups -OCH3 is 2. The van der Waals surface area contributed by atoms with E-state index in [4.69, 9.17) is 0 Å². The van der Waals surface area contributed by atoms with E-state index >= 15 is 0 Å². The molecule has 1 aromatic rings. The summed E-state index contributed by atoms with van der Waals surface area (Å²) >= 11 is 1.14. The highest BCUT2D eigenvalue weighted by Crippen LogP contribution is 2.17. The lowest BCUT2D eigenvalue weighted by Gasteiger charge is -2.18. The summed E-state index contributed by atoms with van der Waals surface area (Å²) in [7, 11) is 2.58. The van der Waals surface area contributed by atoms with Gasteiger partial charge in [-0.2, -0.15) is 4.37 Å². The van der Waals surface area contributed by atoms with Gasteiger partial charge < -0.3 is 14.4 Å². The normalized spacial score (nSPS) is 9.94. The Hall–Kier alpha value is -1.70. The van der Waals surface area contributed by atoms with Gasteiger partial charge in [0, 0.05) is 18.0 Å². The zero-order chi connectivity index (χ0) is 13.5. The Morgan fingerprint density at radius 2 is 1.78 bits per heavy atom. The smallest absolute Gasteiger partial charge is 0.325 e. The van der Waals surface area contributed by atoms with Crippen molar-refractivity contribution < 1.29 is 19.1 Å². The minimum atomic E-state index is -0.452. The molecule has 0 atom stereocenters. The van der Waals surface area contributed by atoms with E-state index in [9.17, 15) is 9.59 Å². The van der Waals surface area contributed by atoms with Gasteiger partial charge >= 0.3 is 11.9 Å². The molecule has 0 aliphatic rings. The van der Waals surface area contributed by atoms with Gasteiger partial charge in [-0.15, -0.1) is 0 Å². The summed E-state index contributed by atoms with van der Waals surface area (Å²) in [5.41, 5.74) is 0. The van der Waals surface area contributed by atoms with E-state index < -0.39 is 11.9 Å². The van der Waals surface area contributed by atoms with Crippen molar-refractivity contribution in [2.45, 2.75) is 13.3 Å². The molecule has 0 aliphatic carbocycles. The standard InChI is InChI=1S/C10H15N3O4S/c1-4-7-11-10(18-12-7)13(5-8(14)16-2)6-9(15)17-3/h4-6H2,1-3H3. The maximum absolute atomic E-state index is 11.3. The van der Waals surface area contributed by atoms with Gasteiger partial charge in [-0.05, 0) is 0 Å². The van der Waals surface area contributed by atoms with Crippen molar-refractivity contribution in [1.82, 2.24) is 9.36 Å². The van der Waals surface area contributed by atoms with Crippen molar-refractivity contribution in [2.75, 3.05) is 32.2 Å². The molecule has 0 saturated heterocycles. The third kappa shape index (κ3) is 3.95. The molecule has 1 aromatic heterocycles. The van der Waals surface area contributed by atoms with Gasteiger partial charge in [0.2, 0.25) is 5.13 Å². The summed E-state index contributed by atoms with van der Waals surface area (Å²) < 4.78 is 13.3. The second-order valence-electron chi connectivity index (χ2n) is 3.36. The molecule has 0 amide bonds. The number of hydrogen-bond donors (Lipinski definition) is 0. The molecule has 18 heavy (non-hydrogen) atoms. The fraction of sp³-hybridized carbons (Fsp3) is 0.600. The molecule has 0 N–H and O–H groups in total. The number of ether oxygens (including phenoxy) is 2. The molecule has 0 spiro atoms. The van der Waals surface area contributed by atoms with Crippen LogP contribution >= 0.6 is 11.5 Å². The van der Waals surface area contributed by atoms with Gasteiger partial charge in [-0.25, -0.2) is 4.98 Å². The van der Waals surface area contributed by atoms with E-state index in [2.05, 4.69) is 18.8 Å².